The second-order valence-electron chi connectivity index (χ2n) is 3.90. The predicted molar refractivity (Wildman–Crippen MR) is 72.0 cm³/mol. The molecule has 1 aliphatic heterocycles. The van der Waals surface area contributed by atoms with Gasteiger partial charge in [-0.1, -0.05) is 45.9 Å². The van der Waals surface area contributed by atoms with Gasteiger partial charge in [0.2, 0.25) is 0 Å². The summed E-state index contributed by atoms with van der Waals surface area (Å²) in [6, 6.07) is 7.72. The SMILES string of the molecule is CC.CC.O=C(O)C1C2COc3ccccc3C21. The molecule has 0 aromatic heterocycles. The third-order valence-corrected chi connectivity index (χ3v) is 3.16. The Morgan fingerprint density at radius 1 is 1.22 bits per heavy atom. The average Bonchev–Trinajstić information content (AvgIpc) is 3.18. The molecule has 1 saturated carbocycles. The minimum atomic E-state index is -0.694. The van der Waals surface area contributed by atoms with Gasteiger partial charge in [0.1, 0.15) is 5.75 Å². The Bertz CT molecular complexity index is 400. The maximum absolute atomic E-state index is 10.9. The first kappa shape index (κ1) is 14.6. The van der Waals surface area contributed by atoms with E-state index in [-0.39, 0.29) is 17.8 Å². The smallest absolute Gasteiger partial charge is 0.307 e. The molecule has 2 aliphatic rings. The molecule has 100 valence electrons. The predicted octanol–water partition coefficient (Wildman–Crippen LogP) is 3.55. The molecule has 0 spiro atoms. The van der Waals surface area contributed by atoms with E-state index in [9.17, 15) is 4.79 Å². The molecule has 0 saturated heterocycles. The summed E-state index contributed by atoms with van der Waals surface area (Å²) < 4.78 is 5.49. The Hall–Kier alpha value is -1.51. The van der Waals surface area contributed by atoms with Gasteiger partial charge in [0.25, 0.3) is 0 Å². The standard InChI is InChI=1S/C11H10O3.2C2H6/c12-11(13)10-7-5-14-8-4-2-1-3-6(8)9(7)10;2*1-2/h1-4,7,9-10H,5H2,(H,12,13);2*1-2H3. The van der Waals surface area contributed by atoms with Gasteiger partial charge in [-0.05, 0) is 11.6 Å². The first-order valence-electron chi connectivity index (χ1n) is 6.73. The topological polar surface area (TPSA) is 46.5 Å². The summed E-state index contributed by atoms with van der Waals surface area (Å²) in [7, 11) is 0. The van der Waals surface area contributed by atoms with Gasteiger partial charge in [-0.3, -0.25) is 4.79 Å². The summed E-state index contributed by atoms with van der Waals surface area (Å²) in [6.07, 6.45) is 0. The highest BCUT2D eigenvalue weighted by Crippen LogP contribution is 2.58. The molecule has 1 heterocycles. The number of carboxylic acid groups (broad SMARTS) is 1. The van der Waals surface area contributed by atoms with Crippen LogP contribution in [0.2, 0.25) is 0 Å². The summed E-state index contributed by atoms with van der Waals surface area (Å²) in [5, 5.41) is 8.95. The Morgan fingerprint density at radius 2 is 1.83 bits per heavy atom. The van der Waals surface area contributed by atoms with Crippen LogP contribution in [0.1, 0.15) is 39.2 Å². The lowest BCUT2D eigenvalue weighted by atomic mass is 10.1. The maximum Gasteiger partial charge on any atom is 0.307 e. The summed E-state index contributed by atoms with van der Waals surface area (Å²) in [5.41, 5.74) is 1.07. The van der Waals surface area contributed by atoms with Crippen molar-refractivity contribution in [2.75, 3.05) is 6.61 Å². The van der Waals surface area contributed by atoms with Crippen molar-refractivity contribution in [3.8, 4) is 5.75 Å². The fourth-order valence-electron chi connectivity index (χ4n) is 2.42. The van der Waals surface area contributed by atoms with E-state index in [1.165, 1.54) is 0 Å². The van der Waals surface area contributed by atoms with Crippen molar-refractivity contribution in [3.05, 3.63) is 29.8 Å². The van der Waals surface area contributed by atoms with Gasteiger partial charge in [0, 0.05) is 11.8 Å². The van der Waals surface area contributed by atoms with Crippen molar-refractivity contribution >= 4 is 5.97 Å². The van der Waals surface area contributed by atoms with Crippen LogP contribution >= 0.6 is 0 Å². The van der Waals surface area contributed by atoms with Crippen LogP contribution in [0.3, 0.4) is 0 Å². The molecule has 1 aliphatic carbocycles. The molecule has 1 N–H and O–H groups in total. The second-order valence-corrected chi connectivity index (χ2v) is 3.90. The number of rotatable bonds is 1. The van der Waals surface area contributed by atoms with E-state index >= 15 is 0 Å². The van der Waals surface area contributed by atoms with Crippen molar-refractivity contribution in [1.82, 2.24) is 0 Å². The van der Waals surface area contributed by atoms with Crippen molar-refractivity contribution in [3.63, 3.8) is 0 Å². The minimum absolute atomic E-state index is 0.192. The molecule has 1 aromatic rings. The molecule has 3 rings (SSSR count). The molecule has 0 amide bonds. The number of ether oxygens (including phenoxy) is 1. The maximum atomic E-state index is 10.9. The molecule has 18 heavy (non-hydrogen) atoms. The van der Waals surface area contributed by atoms with Crippen LogP contribution in [-0.4, -0.2) is 17.7 Å². The zero-order chi connectivity index (χ0) is 13.7. The summed E-state index contributed by atoms with van der Waals surface area (Å²) >= 11 is 0. The number of benzene rings is 1. The van der Waals surface area contributed by atoms with Gasteiger partial charge >= 0.3 is 5.97 Å². The lowest BCUT2D eigenvalue weighted by Gasteiger charge is -2.15. The Labute approximate surface area is 109 Å². The van der Waals surface area contributed by atoms with E-state index in [2.05, 4.69) is 0 Å². The van der Waals surface area contributed by atoms with Gasteiger partial charge in [0.15, 0.2) is 0 Å². The molecule has 3 atom stereocenters. The quantitative estimate of drug-likeness (QED) is 0.829. The molecule has 0 radical (unpaired) electrons. The summed E-state index contributed by atoms with van der Waals surface area (Å²) in [5.74, 6) is 0.330. The monoisotopic (exact) mass is 250 g/mol. The van der Waals surface area contributed by atoms with Gasteiger partial charge < -0.3 is 9.84 Å². The molecule has 3 nitrogen and oxygen atoms in total. The number of aliphatic carboxylic acids is 1. The third kappa shape index (κ3) is 2.50. The van der Waals surface area contributed by atoms with Gasteiger partial charge in [-0.25, -0.2) is 0 Å². The number of hydrogen-bond donors (Lipinski definition) is 1. The lowest BCUT2D eigenvalue weighted by Crippen LogP contribution is -2.08. The Kier molecular flexibility index (Phi) is 5.20. The van der Waals surface area contributed by atoms with Crippen molar-refractivity contribution in [1.29, 1.82) is 0 Å². The van der Waals surface area contributed by atoms with Crippen LogP contribution in [0.15, 0.2) is 24.3 Å². The second kappa shape index (κ2) is 6.43. The van der Waals surface area contributed by atoms with E-state index in [1.807, 2.05) is 52.0 Å². The van der Waals surface area contributed by atoms with Crippen LogP contribution in [0.4, 0.5) is 0 Å². The zero-order valence-corrected chi connectivity index (χ0v) is 11.5. The van der Waals surface area contributed by atoms with Crippen LogP contribution in [-0.2, 0) is 4.79 Å². The molecular weight excluding hydrogens is 228 g/mol. The number of hydrogen-bond acceptors (Lipinski definition) is 2. The van der Waals surface area contributed by atoms with E-state index in [1.54, 1.807) is 0 Å². The minimum Gasteiger partial charge on any atom is -0.493 e. The van der Waals surface area contributed by atoms with E-state index < -0.39 is 5.97 Å². The summed E-state index contributed by atoms with van der Waals surface area (Å²) in [4.78, 5) is 10.9. The third-order valence-electron chi connectivity index (χ3n) is 3.16. The van der Waals surface area contributed by atoms with Gasteiger partial charge in [-0.2, -0.15) is 0 Å². The fourth-order valence-corrected chi connectivity index (χ4v) is 2.42. The zero-order valence-electron chi connectivity index (χ0n) is 11.5. The highest BCUT2D eigenvalue weighted by molar-refractivity contribution is 5.77. The van der Waals surface area contributed by atoms with Gasteiger partial charge in [0.05, 0.1) is 12.5 Å². The van der Waals surface area contributed by atoms with Crippen molar-refractivity contribution < 1.29 is 14.6 Å². The van der Waals surface area contributed by atoms with E-state index in [4.69, 9.17) is 9.84 Å². The molecular formula is C15H22O3. The number of fused-ring (bicyclic) bond motifs is 3. The first-order valence-corrected chi connectivity index (χ1v) is 6.73. The van der Waals surface area contributed by atoms with Crippen LogP contribution in [0.5, 0.6) is 5.75 Å². The number of para-hydroxylation sites is 1. The van der Waals surface area contributed by atoms with Crippen LogP contribution < -0.4 is 4.74 Å². The lowest BCUT2D eigenvalue weighted by molar-refractivity contribution is -0.139. The van der Waals surface area contributed by atoms with Crippen LogP contribution in [0.25, 0.3) is 0 Å². The van der Waals surface area contributed by atoms with Gasteiger partial charge in [-0.15, -0.1) is 0 Å². The Balaban J connectivity index is 0.000000371. The average molecular weight is 250 g/mol. The van der Waals surface area contributed by atoms with Crippen molar-refractivity contribution in [2.45, 2.75) is 33.6 Å². The number of carbonyl (C=O) groups is 1. The highest BCUT2D eigenvalue weighted by Gasteiger charge is 2.58. The molecule has 0 bridgehead atoms. The molecule has 1 fully saturated rings. The largest absolute Gasteiger partial charge is 0.493 e. The van der Waals surface area contributed by atoms with E-state index in [0.717, 1.165) is 11.3 Å². The first-order chi connectivity index (χ1) is 8.79. The normalized spacial score (nSPS) is 25.9. The van der Waals surface area contributed by atoms with E-state index in [0.29, 0.717) is 6.61 Å². The molecule has 3 unspecified atom stereocenters. The number of carboxylic acids is 1. The van der Waals surface area contributed by atoms with Crippen LogP contribution in [0, 0.1) is 11.8 Å². The fraction of sp³-hybridized carbons (Fsp3) is 0.533. The Morgan fingerprint density at radius 3 is 2.44 bits per heavy atom. The molecule has 1 aromatic carbocycles. The summed E-state index contributed by atoms with van der Waals surface area (Å²) in [6.45, 7) is 8.55. The molecule has 3 heteroatoms. The highest BCUT2D eigenvalue weighted by atomic mass is 16.5. The van der Waals surface area contributed by atoms with Crippen molar-refractivity contribution in [2.24, 2.45) is 11.8 Å².